The molecule has 1 amide bonds. The first kappa shape index (κ1) is 11.2. The summed E-state index contributed by atoms with van der Waals surface area (Å²) in [7, 11) is 0. The summed E-state index contributed by atoms with van der Waals surface area (Å²) in [5.74, 6) is 0.647. The average Bonchev–Trinajstić information content (AvgIpc) is 2.45. The Hall–Kier alpha value is -0.840. The van der Waals surface area contributed by atoms with Gasteiger partial charge in [-0.2, -0.15) is 0 Å². The number of oxazole rings is 1. The Morgan fingerprint density at radius 3 is 2.79 bits per heavy atom. The number of aryl methyl sites for hydroxylation is 2. The van der Waals surface area contributed by atoms with Gasteiger partial charge in [0.05, 0.1) is 5.69 Å². The van der Waals surface area contributed by atoms with E-state index in [0.717, 1.165) is 11.8 Å². The summed E-state index contributed by atoms with van der Waals surface area (Å²) in [6.45, 7) is 4.13. The fourth-order valence-corrected chi connectivity index (χ4v) is 1.37. The van der Waals surface area contributed by atoms with Crippen molar-refractivity contribution in [2.24, 2.45) is 0 Å². The number of amides is 1. The van der Waals surface area contributed by atoms with Gasteiger partial charge in [0.15, 0.2) is 5.89 Å². The quantitative estimate of drug-likeness (QED) is 0.664. The van der Waals surface area contributed by atoms with Crippen molar-refractivity contribution in [1.29, 1.82) is 0 Å². The summed E-state index contributed by atoms with van der Waals surface area (Å²) in [4.78, 5) is 15.5. The Morgan fingerprint density at radius 2 is 2.29 bits per heavy atom. The van der Waals surface area contributed by atoms with E-state index < -0.39 is 0 Å². The number of carbonyl (C=O) groups excluding carboxylic acids is 1. The third kappa shape index (κ3) is 2.83. The molecule has 0 aromatic carbocycles. The van der Waals surface area contributed by atoms with E-state index in [9.17, 15) is 4.79 Å². The zero-order valence-corrected chi connectivity index (χ0v) is 9.85. The minimum absolute atomic E-state index is 0.191. The van der Waals surface area contributed by atoms with Gasteiger partial charge in [0.2, 0.25) is 5.76 Å². The van der Waals surface area contributed by atoms with Crippen LogP contribution in [-0.4, -0.2) is 22.8 Å². The maximum absolute atomic E-state index is 11.5. The number of rotatable bonds is 4. The van der Waals surface area contributed by atoms with E-state index in [4.69, 9.17) is 4.42 Å². The van der Waals surface area contributed by atoms with Crippen LogP contribution >= 0.6 is 15.9 Å². The van der Waals surface area contributed by atoms with Crippen LogP contribution in [-0.2, 0) is 0 Å². The van der Waals surface area contributed by atoms with E-state index in [2.05, 4.69) is 26.2 Å². The van der Waals surface area contributed by atoms with Gasteiger partial charge in [0.1, 0.15) is 0 Å². The smallest absolute Gasteiger partial charge is 0.289 e. The number of nitrogens with zero attached hydrogens (tertiary/aromatic N) is 1. The molecule has 14 heavy (non-hydrogen) atoms. The molecule has 4 nitrogen and oxygen atoms in total. The van der Waals surface area contributed by atoms with Crippen molar-refractivity contribution in [3.05, 3.63) is 17.3 Å². The second-order valence-electron chi connectivity index (χ2n) is 2.95. The van der Waals surface area contributed by atoms with Crippen molar-refractivity contribution in [1.82, 2.24) is 10.3 Å². The third-order valence-corrected chi connectivity index (χ3v) is 2.27. The second-order valence-corrected chi connectivity index (χ2v) is 3.74. The van der Waals surface area contributed by atoms with Gasteiger partial charge in [-0.3, -0.25) is 4.79 Å². The normalized spacial score (nSPS) is 10.2. The van der Waals surface area contributed by atoms with Gasteiger partial charge in [0.25, 0.3) is 5.91 Å². The fourth-order valence-electron chi connectivity index (χ4n) is 1.09. The molecule has 0 radical (unpaired) electrons. The Morgan fingerprint density at radius 1 is 1.57 bits per heavy atom. The van der Waals surface area contributed by atoms with Crippen LogP contribution < -0.4 is 5.32 Å². The molecule has 1 aromatic heterocycles. The number of alkyl halides is 1. The molecule has 0 saturated heterocycles. The lowest BCUT2D eigenvalue weighted by Gasteiger charge is -2.00. The van der Waals surface area contributed by atoms with Crippen molar-refractivity contribution < 1.29 is 9.21 Å². The molecule has 0 aliphatic heterocycles. The van der Waals surface area contributed by atoms with Crippen molar-refractivity contribution in [3.8, 4) is 0 Å². The molecule has 0 aliphatic rings. The standard InChI is InChI=1S/C9H13BrN2O2/c1-6-8(14-7(2)12-6)9(13)11-5-3-4-10/h3-5H2,1-2H3,(H,11,13). The van der Waals surface area contributed by atoms with Gasteiger partial charge in [-0.1, -0.05) is 15.9 Å². The summed E-state index contributed by atoms with van der Waals surface area (Å²) in [5, 5.41) is 3.63. The van der Waals surface area contributed by atoms with E-state index in [1.807, 2.05) is 0 Å². The Bertz CT molecular complexity index is 323. The summed E-state index contributed by atoms with van der Waals surface area (Å²) in [6, 6.07) is 0. The Balaban J connectivity index is 2.56. The van der Waals surface area contributed by atoms with Gasteiger partial charge in [-0.15, -0.1) is 0 Å². The van der Waals surface area contributed by atoms with Crippen LogP contribution in [0.15, 0.2) is 4.42 Å². The molecule has 1 aromatic rings. The highest BCUT2D eigenvalue weighted by Crippen LogP contribution is 2.08. The lowest BCUT2D eigenvalue weighted by atomic mass is 10.3. The zero-order valence-electron chi connectivity index (χ0n) is 8.26. The van der Waals surface area contributed by atoms with Crippen molar-refractivity contribution in [2.45, 2.75) is 20.3 Å². The monoisotopic (exact) mass is 260 g/mol. The van der Waals surface area contributed by atoms with Crippen molar-refractivity contribution in [2.75, 3.05) is 11.9 Å². The predicted molar refractivity (Wildman–Crippen MR) is 56.7 cm³/mol. The molecule has 0 fully saturated rings. The van der Waals surface area contributed by atoms with E-state index in [1.54, 1.807) is 13.8 Å². The fraction of sp³-hybridized carbons (Fsp3) is 0.556. The van der Waals surface area contributed by atoms with Crippen LogP contribution in [0.25, 0.3) is 0 Å². The predicted octanol–water partition coefficient (Wildman–Crippen LogP) is 1.81. The van der Waals surface area contributed by atoms with Gasteiger partial charge < -0.3 is 9.73 Å². The Labute approximate surface area is 91.2 Å². The van der Waals surface area contributed by atoms with Crippen LogP contribution in [0.2, 0.25) is 0 Å². The molecule has 0 bridgehead atoms. The van der Waals surface area contributed by atoms with Crippen LogP contribution in [0.3, 0.4) is 0 Å². The van der Waals surface area contributed by atoms with Crippen LogP contribution in [0, 0.1) is 13.8 Å². The Kier molecular flexibility index (Phi) is 4.13. The number of hydrogen-bond acceptors (Lipinski definition) is 3. The third-order valence-electron chi connectivity index (χ3n) is 1.71. The summed E-state index contributed by atoms with van der Waals surface area (Å²) in [5.41, 5.74) is 0.638. The molecule has 0 atom stereocenters. The summed E-state index contributed by atoms with van der Waals surface area (Å²) < 4.78 is 5.17. The molecular weight excluding hydrogens is 248 g/mol. The maximum Gasteiger partial charge on any atom is 0.289 e. The van der Waals surface area contributed by atoms with E-state index in [-0.39, 0.29) is 5.91 Å². The largest absolute Gasteiger partial charge is 0.436 e. The number of aromatic nitrogens is 1. The minimum Gasteiger partial charge on any atom is -0.436 e. The maximum atomic E-state index is 11.5. The first-order chi connectivity index (χ1) is 6.65. The molecule has 1 rings (SSSR count). The highest BCUT2D eigenvalue weighted by atomic mass is 79.9. The van der Waals surface area contributed by atoms with E-state index in [1.165, 1.54) is 0 Å². The molecule has 0 saturated carbocycles. The summed E-state index contributed by atoms with van der Waals surface area (Å²) >= 11 is 3.29. The number of hydrogen-bond donors (Lipinski definition) is 1. The first-order valence-corrected chi connectivity index (χ1v) is 5.55. The zero-order chi connectivity index (χ0) is 10.6. The topological polar surface area (TPSA) is 55.1 Å². The lowest BCUT2D eigenvalue weighted by molar-refractivity contribution is 0.0924. The molecule has 5 heteroatoms. The SMILES string of the molecule is Cc1nc(C)c(C(=O)NCCCBr)o1. The molecule has 1 N–H and O–H groups in total. The molecule has 0 spiro atoms. The van der Waals surface area contributed by atoms with Crippen molar-refractivity contribution >= 4 is 21.8 Å². The van der Waals surface area contributed by atoms with Crippen molar-refractivity contribution in [3.63, 3.8) is 0 Å². The highest BCUT2D eigenvalue weighted by molar-refractivity contribution is 9.09. The van der Waals surface area contributed by atoms with Gasteiger partial charge >= 0.3 is 0 Å². The van der Waals surface area contributed by atoms with Crippen LogP contribution in [0.1, 0.15) is 28.6 Å². The minimum atomic E-state index is -0.191. The lowest BCUT2D eigenvalue weighted by Crippen LogP contribution is -2.24. The first-order valence-electron chi connectivity index (χ1n) is 4.43. The van der Waals surface area contributed by atoms with Crippen LogP contribution in [0.5, 0.6) is 0 Å². The molecule has 0 aliphatic carbocycles. The van der Waals surface area contributed by atoms with Gasteiger partial charge in [-0.25, -0.2) is 4.98 Å². The highest BCUT2D eigenvalue weighted by Gasteiger charge is 2.14. The van der Waals surface area contributed by atoms with Gasteiger partial charge in [0, 0.05) is 18.8 Å². The molecule has 1 heterocycles. The number of nitrogens with one attached hydrogen (secondary N) is 1. The number of halogens is 1. The summed E-state index contributed by atoms with van der Waals surface area (Å²) in [6.07, 6.45) is 0.901. The van der Waals surface area contributed by atoms with Gasteiger partial charge in [-0.05, 0) is 13.3 Å². The second kappa shape index (κ2) is 5.14. The molecule has 0 unspecified atom stereocenters. The molecular formula is C9H13BrN2O2. The van der Waals surface area contributed by atoms with E-state index >= 15 is 0 Å². The number of carbonyl (C=O) groups is 1. The average molecular weight is 261 g/mol. The van der Waals surface area contributed by atoms with E-state index in [0.29, 0.717) is 23.9 Å². The van der Waals surface area contributed by atoms with Crippen LogP contribution in [0.4, 0.5) is 0 Å². The molecule has 78 valence electrons.